The zero-order chi connectivity index (χ0) is 11.2. The van der Waals surface area contributed by atoms with E-state index >= 15 is 0 Å². The van der Waals surface area contributed by atoms with E-state index in [0.717, 1.165) is 6.07 Å². The number of pyridine rings is 1. The lowest BCUT2D eigenvalue weighted by molar-refractivity contribution is 0.517. The first kappa shape index (κ1) is 10.6. The van der Waals surface area contributed by atoms with Crippen LogP contribution in [0.25, 0.3) is 10.9 Å². The zero-order valence-corrected chi connectivity index (χ0v) is 9.13. The van der Waals surface area contributed by atoms with Gasteiger partial charge in [-0.25, -0.2) is 8.78 Å². The van der Waals surface area contributed by atoms with E-state index < -0.39 is 11.6 Å². The van der Waals surface area contributed by atoms with Gasteiger partial charge in [0.2, 0.25) is 0 Å². The van der Waals surface area contributed by atoms with Crippen molar-refractivity contribution in [1.82, 2.24) is 4.98 Å². The number of benzene rings is 1. The summed E-state index contributed by atoms with van der Waals surface area (Å²) in [5, 5.41) is 0.117. The van der Waals surface area contributed by atoms with Crippen LogP contribution in [-0.4, -0.2) is 4.98 Å². The fourth-order valence-corrected chi connectivity index (χ4v) is 1.79. The molecule has 1 aromatic carbocycles. The fourth-order valence-electron chi connectivity index (χ4n) is 1.33. The van der Waals surface area contributed by atoms with Crippen LogP contribution in [0.15, 0.2) is 12.3 Å². The minimum absolute atomic E-state index is 0.0470. The molecule has 0 radical (unpaired) electrons. The van der Waals surface area contributed by atoms with Gasteiger partial charge in [0.15, 0.2) is 11.6 Å². The standard InChI is InChI=1S/C10H5Cl2F2N/c1-4-3-15-10-5(11)2-6(13)9(14)7(10)8(4)12/h2-3H,1H3. The highest BCUT2D eigenvalue weighted by Gasteiger charge is 2.16. The van der Waals surface area contributed by atoms with Crippen molar-refractivity contribution in [3.8, 4) is 0 Å². The number of halogens is 4. The van der Waals surface area contributed by atoms with Crippen molar-refractivity contribution in [1.29, 1.82) is 0 Å². The summed E-state index contributed by atoms with van der Waals surface area (Å²) in [6.07, 6.45) is 1.47. The molecule has 0 N–H and O–H groups in total. The second-order valence-electron chi connectivity index (χ2n) is 3.13. The molecule has 0 atom stereocenters. The van der Waals surface area contributed by atoms with E-state index in [4.69, 9.17) is 23.2 Å². The summed E-state index contributed by atoms with van der Waals surface area (Å²) in [5.41, 5.74) is 0.746. The number of hydrogen-bond donors (Lipinski definition) is 0. The van der Waals surface area contributed by atoms with Crippen LogP contribution in [0.2, 0.25) is 10.0 Å². The van der Waals surface area contributed by atoms with Crippen LogP contribution >= 0.6 is 23.2 Å². The van der Waals surface area contributed by atoms with Gasteiger partial charge in [-0.15, -0.1) is 0 Å². The summed E-state index contributed by atoms with van der Waals surface area (Å²) in [6, 6.07) is 0.887. The highest BCUT2D eigenvalue weighted by atomic mass is 35.5. The van der Waals surface area contributed by atoms with Crippen LogP contribution in [-0.2, 0) is 0 Å². The topological polar surface area (TPSA) is 12.9 Å². The third-order valence-corrected chi connectivity index (χ3v) is 2.87. The quantitative estimate of drug-likeness (QED) is 0.639. The second kappa shape index (κ2) is 3.58. The second-order valence-corrected chi connectivity index (χ2v) is 3.92. The Labute approximate surface area is 94.6 Å². The van der Waals surface area contributed by atoms with E-state index in [0.29, 0.717) is 5.56 Å². The van der Waals surface area contributed by atoms with Crippen LogP contribution in [0.3, 0.4) is 0 Å². The number of aromatic nitrogens is 1. The van der Waals surface area contributed by atoms with Crippen molar-refractivity contribution in [2.75, 3.05) is 0 Å². The van der Waals surface area contributed by atoms with Gasteiger partial charge in [-0.3, -0.25) is 4.98 Å². The van der Waals surface area contributed by atoms with Gasteiger partial charge in [0.25, 0.3) is 0 Å². The smallest absolute Gasteiger partial charge is 0.169 e. The molecule has 1 nitrogen and oxygen atoms in total. The molecule has 0 fully saturated rings. The molecule has 2 rings (SSSR count). The van der Waals surface area contributed by atoms with Crippen LogP contribution in [0, 0.1) is 18.6 Å². The zero-order valence-electron chi connectivity index (χ0n) is 7.61. The third-order valence-electron chi connectivity index (χ3n) is 2.10. The first-order valence-corrected chi connectivity index (χ1v) is 4.86. The maximum atomic E-state index is 13.5. The Bertz CT molecular complexity index is 547. The van der Waals surface area contributed by atoms with Gasteiger partial charge in [-0.05, 0) is 18.6 Å². The Kier molecular flexibility index (Phi) is 2.52. The van der Waals surface area contributed by atoms with Crippen molar-refractivity contribution in [2.45, 2.75) is 6.92 Å². The number of hydrogen-bond acceptors (Lipinski definition) is 1. The van der Waals surface area contributed by atoms with Gasteiger partial charge in [0, 0.05) is 6.20 Å². The lowest BCUT2D eigenvalue weighted by atomic mass is 10.1. The van der Waals surface area contributed by atoms with Gasteiger partial charge in [-0.2, -0.15) is 0 Å². The first-order valence-electron chi connectivity index (χ1n) is 4.10. The molecular formula is C10H5Cl2F2N. The lowest BCUT2D eigenvalue weighted by Gasteiger charge is -2.06. The third kappa shape index (κ3) is 1.56. The highest BCUT2D eigenvalue weighted by Crippen LogP contribution is 2.33. The molecule has 0 aliphatic heterocycles. The molecule has 15 heavy (non-hydrogen) atoms. The number of aryl methyl sites for hydroxylation is 1. The van der Waals surface area contributed by atoms with Crippen LogP contribution in [0.1, 0.15) is 5.56 Å². The Balaban J connectivity index is 3.04. The molecule has 1 aromatic heterocycles. The van der Waals surface area contributed by atoms with Gasteiger partial charge in [0.05, 0.1) is 20.9 Å². The minimum atomic E-state index is -1.03. The van der Waals surface area contributed by atoms with E-state index in [-0.39, 0.29) is 20.9 Å². The average Bonchev–Trinajstić information content (AvgIpc) is 2.19. The monoisotopic (exact) mass is 247 g/mol. The van der Waals surface area contributed by atoms with Crippen molar-refractivity contribution < 1.29 is 8.78 Å². The molecule has 1 heterocycles. The van der Waals surface area contributed by atoms with E-state index in [1.54, 1.807) is 6.92 Å². The fraction of sp³-hybridized carbons (Fsp3) is 0.100. The van der Waals surface area contributed by atoms with Crippen molar-refractivity contribution in [2.24, 2.45) is 0 Å². The predicted molar refractivity (Wildman–Crippen MR) is 56.4 cm³/mol. The van der Waals surface area contributed by atoms with Crippen LogP contribution < -0.4 is 0 Å². The Morgan fingerprint density at radius 2 is 1.93 bits per heavy atom. The summed E-state index contributed by atoms with van der Waals surface area (Å²) < 4.78 is 26.5. The van der Waals surface area contributed by atoms with Crippen LogP contribution in [0.5, 0.6) is 0 Å². The summed E-state index contributed by atoms with van der Waals surface area (Å²) in [6.45, 7) is 1.66. The summed E-state index contributed by atoms with van der Waals surface area (Å²) in [4.78, 5) is 3.92. The van der Waals surface area contributed by atoms with Crippen molar-refractivity contribution in [3.63, 3.8) is 0 Å². The number of fused-ring (bicyclic) bond motifs is 1. The molecule has 0 aliphatic carbocycles. The van der Waals surface area contributed by atoms with Gasteiger partial charge in [-0.1, -0.05) is 23.2 Å². The molecule has 78 valence electrons. The molecule has 0 spiro atoms. The maximum absolute atomic E-state index is 13.5. The van der Waals surface area contributed by atoms with E-state index in [9.17, 15) is 8.78 Å². The van der Waals surface area contributed by atoms with Gasteiger partial charge >= 0.3 is 0 Å². The predicted octanol–water partition coefficient (Wildman–Crippen LogP) is 4.13. The average molecular weight is 248 g/mol. The molecule has 0 saturated heterocycles. The number of rotatable bonds is 0. The molecular weight excluding hydrogens is 243 g/mol. The SMILES string of the molecule is Cc1cnc2c(Cl)cc(F)c(F)c2c1Cl. The van der Waals surface area contributed by atoms with Crippen molar-refractivity contribution >= 4 is 34.1 Å². The molecule has 0 bridgehead atoms. The van der Waals surface area contributed by atoms with Crippen molar-refractivity contribution in [3.05, 3.63) is 39.5 Å². The normalized spacial score (nSPS) is 11.0. The minimum Gasteiger partial charge on any atom is -0.254 e. The molecule has 0 saturated carbocycles. The molecule has 2 aromatic rings. The summed E-state index contributed by atoms with van der Waals surface area (Å²) in [5.74, 6) is -2.04. The highest BCUT2D eigenvalue weighted by molar-refractivity contribution is 6.39. The largest absolute Gasteiger partial charge is 0.254 e. The molecule has 5 heteroatoms. The summed E-state index contributed by atoms with van der Waals surface area (Å²) >= 11 is 11.6. The maximum Gasteiger partial charge on any atom is 0.169 e. The molecule has 0 amide bonds. The Morgan fingerprint density at radius 1 is 1.27 bits per heavy atom. The number of nitrogens with zero attached hydrogens (tertiary/aromatic N) is 1. The lowest BCUT2D eigenvalue weighted by Crippen LogP contribution is -1.92. The molecule has 0 unspecified atom stereocenters. The summed E-state index contributed by atoms with van der Waals surface area (Å²) in [7, 11) is 0. The van der Waals surface area contributed by atoms with Gasteiger partial charge in [0.1, 0.15) is 0 Å². The Morgan fingerprint density at radius 3 is 2.60 bits per heavy atom. The van der Waals surface area contributed by atoms with Crippen LogP contribution in [0.4, 0.5) is 8.78 Å². The van der Waals surface area contributed by atoms with E-state index in [1.807, 2.05) is 0 Å². The van der Waals surface area contributed by atoms with E-state index in [1.165, 1.54) is 6.20 Å². The van der Waals surface area contributed by atoms with E-state index in [2.05, 4.69) is 4.98 Å². The molecule has 0 aliphatic rings. The van der Waals surface area contributed by atoms with Gasteiger partial charge < -0.3 is 0 Å². The first-order chi connectivity index (χ1) is 7.02. The Hall–Kier alpha value is -0.930.